The van der Waals surface area contributed by atoms with E-state index < -0.39 is 17.3 Å². The summed E-state index contributed by atoms with van der Waals surface area (Å²) in [5, 5.41) is 6.08. The third kappa shape index (κ3) is 3.35. The van der Waals surface area contributed by atoms with E-state index in [2.05, 4.69) is 20.2 Å². The maximum absolute atomic E-state index is 13.2. The second-order valence-electron chi connectivity index (χ2n) is 6.37. The molecule has 4 heterocycles. The van der Waals surface area contributed by atoms with Crippen molar-refractivity contribution in [1.29, 1.82) is 0 Å². The molecule has 146 valence electrons. The molecule has 0 spiro atoms. The number of alkyl halides is 3. The summed E-state index contributed by atoms with van der Waals surface area (Å²) in [5.74, 6) is 0. The molecule has 0 atom stereocenters. The van der Waals surface area contributed by atoms with Crippen molar-refractivity contribution in [1.82, 2.24) is 24.7 Å². The number of aromatic nitrogens is 5. The zero-order valence-electron chi connectivity index (χ0n) is 14.4. The van der Waals surface area contributed by atoms with Crippen molar-refractivity contribution in [2.24, 2.45) is 0 Å². The third-order valence-electron chi connectivity index (χ3n) is 4.67. The molecule has 3 aromatic heterocycles. The summed E-state index contributed by atoms with van der Waals surface area (Å²) in [6.45, 7) is 0.967. The first-order chi connectivity index (χ1) is 13.3. The Bertz CT molecular complexity index is 1080. The number of nitrogens with zero attached hydrogens (tertiary/aromatic N) is 5. The Kier molecular flexibility index (Phi) is 4.58. The summed E-state index contributed by atoms with van der Waals surface area (Å²) in [7, 11) is 0. The first-order valence-electron chi connectivity index (χ1n) is 8.35. The van der Waals surface area contributed by atoms with E-state index in [9.17, 15) is 18.0 Å². The van der Waals surface area contributed by atoms with Crippen LogP contribution in [-0.4, -0.2) is 31.3 Å². The minimum Gasteiger partial charge on any atom is -0.362 e. The van der Waals surface area contributed by atoms with Gasteiger partial charge in [-0.2, -0.15) is 18.3 Å². The zero-order chi connectivity index (χ0) is 19.9. The lowest BCUT2D eigenvalue weighted by Crippen LogP contribution is -2.32. The number of anilines is 1. The van der Waals surface area contributed by atoms with Gasteiger partial charge < -0.3 is 9.47 Å². The zero-order valence-corrected chi connectivity index (χ0v) is 15.1. The van der Waals surface area contributed by atoms with Crippen LogP contribution in [0.1, 0.15) is 22.5 Å². The second-order valence-corrected chi connectivity index (χ2v) is 6.74. The van der Waals surface area contributed by atoms with Crippen LogP contribution >= 0.6 is 11.6 Å². The first kappa shape index (κ1) is 18.5. The molecule has 0 saturated heterocycles. The Morgan fingerprint density at radius 2 is 2.11 bits per heavy atom. The smallest absolute Gasteiger partial charge is 0.362 e. The van der Waals surface area contributed by atoms with Gasteiger partial charge in [-0.25, -0.2) is 10.1 Å². The van der Waals surface area contributed by atoms with Crippen molar-refractivity contribution < 1.29 is 13.2 Å². The molecule has 0 unspecified atom stereocenters. The van der Waals surface area contributed by atoms with E-state index in [0.29, 0.717) is 25.2 Å². The maximum atomic E-state index is 13.2. The standard InChI is InChI=1S/C17H14ClF3N6O/c18-15-14(6-24-25-16(15)28)26-4-2-13-12(8-26)23-9-27(13)7-10-1-3-22-5-11(10)17(19,20)21/h1,3,5-6,9H,2,4,7-8H2,(H,25,28). The van der Waals surface area contributed by atoms with E-state index in [1.165, 1.54) is 24.8 Å². The van der Waals surface area contributed by atoms with Crippen molar-refractivity contribution >= 4 is 17.3 Å². The van der Waals surface area contributed by atoms with E-state index in [1.807, 2.05) is 4.90 Å². The van der Waals surface area contributed by atoms with Gasteiger partial charge in [0.1, 0.15) is 5.02 Å². The van der Waals surface area contributed by atoms with Crippen LogP contribution in [0.3, 0.4) is 0 Å². The molecule has 0 aliphatic carbocycles. The monoisotopic (exact) mass is 410 g/mol. The van der Waals surface area contributed by atoms with Gasteiger partial charge in [0.05, 0.1) is 36.0 Å². The fourth-order valence-corrected chi connectivity index (χ4v) is 3.52. The minimum absolute atomic E-state index is 0.0458. The van der Waals surface area contributed by atoms with Crippen LogP contribution in [0.4, 0.5) is 18.9 Å². The molecule has 7 nitrogen and oxygen atoms in total. The molecular formula is C17H14ClF3N6O. The Hall–Kier alpha value is -2.88. The highest BCUT2D eigenvalue weighted by molar-refractivity contribution is 6.32. The fourth-order valence-electron chi connectivity index (χ4n) is 3.31. The lowest BCUT2D eigenvalue weighted by Gasteiger charge is -2.29. The Labute approximate surface area is 161 Å². The molecule has 1 N–H and O–H groups in total. The molecule has 1 aliphatic heterocycles. The normalized spacial score (nSPS) is 14.2. The van der Waals surface area contributed by atoms with Gasteiger partial charge in [-0.05, 0) is 11.6 Å². The Morgan fingerprint density at radius 3 is 2.89 bits per heavy atom. The number of imidazole rings is 1. The summed E-state index contributed by atoms with van der Waals surface area (Å²) in [4.78, 5) is 21.5. The molecule has 0 bridgehead atoms. The summed E-state index contributed by atoms with van der Waals surface area (Å²) in [6, 6.07) is 1.37. The van der Waals surface area contributed by atoms with Crippen LogP contribution in [0, 0.1) is 0 Å². The molecule has 0 aromatic carbocycles. The van der Waals surface area contributed by atoms with Crippen molar-refractivity contribution in [3.05, 3.63) is 68.9 Å². The van der Waals surface area contributed by atoms with Gasteiger partial charge in [0, 0.05) is 37.6 Å². The van der Waals surface area contributed by atoms with Gasteiger partial charge in [0.2, 0.25) is 0 Å². The molecule has 28 heavy (non-hydrogen) atoms. The maximum Gasteiger partial charge on any atom is 0.418 e. The predicted octanol–water partition coefficient (Wildman–Crippen LogP) is 2.64. The summed E-state index contributed by atoms with van der Waals surface area (Å²) < 4.78 is 41.3. The van der Waals surface area contributed by atoms with Gasteiger partial charge in [-0.15, -0.1) is 0 Å². The third-order valence-corrected chi connectivity index (χ3v) is 5.03. The molecule has 11 heteroatoms. The molecule has 4 rings (SSSR count). The Balaban J connectivity index is 1.61. The van der Waals surface area contributed by atoms with Crippen LogP contribution < -0.4 is 10.5 Å². The van der Waals surface area contributed by atoms with Gasteiger partial charge in [-0.3, -0.25) is 9.78 Å². The summed E-state index contributed by atoms with van der Waals surface area (Å²) >= 11 is 6.06. The van der Waals surface area contributed by atoms with E-state index in [0.717, 1.165) is 17.6 Å². The molecule has 3 aromatic rings. The molecule has 0 amide bonds. The lowest BCUT2D eigenvalue weighted by molar-refractivity contribution is -0.138. The average Bonchev–Trinajstić information content (AvgIpc) is 3.06. The van der Waals surface area contributed by atoms with Crippen molar-refractivity contribution in [3.63, 3.8) is 0 Å². The van der Waals surface area contributed by atoms with Crippen molar-refractivity contribution in [2.45, 2.75) is 25.7 Å². The number of nitrogens with one attached hydrogen (secondary N) is 1. The Morgan fingerprint density at radius 1 is 1.29 bits per heavy atom. The highest BCUT2D eigenvalue weighted by atomic mass is 35.5. The van der Waals surface area contributed by atoms with Gasteiger partial charge in [-0.1, -0.05) is 11.6 Å². The number of hydrogen-bond donors (Lipinski definition) is 1. The molecule has 0 fully saturated rings. The minimum atomic E-state index is -4.47. The number of halogens is 4. The topological polar surface area (TPSA) is 79.7 Å². The second kappa shape index (κ2) is 6.93. The number of fused-ring (bicyclic) bond motifs is 1. The van der Waals surface area contributed by atoms with Gasteiger partial charge in [0.15, 0.2) is 0 Å². The van der Waals surface area contributed by atoms with Crippen molar-refractivity contribution in [2.75, 3.05) is 11.4 Å². The van der Waals surface area contributed by atoms with Gasteiger partial charge in [0.25, 0.3) is 5.56 Å². The molecular weight excluding hydrogens is 397 g/mol. The number of aromatic amines is 1. The predicted molar refractivity (Wildman–Crippen MR) is 95.2 cm³/mol. The molecule has 0 radical (unpaired) electrons. The average molecular weight is 411 g/mol. The van der Waals surface area contributed by atoms with Crippen LogP contribution in [0.2, 0.25) is 5.02 Å². The summed E-state index contributed by atoms with van der Waals surface area (Å²) in [5.41, 5.74) is 0.982. The largest absolute Gasteiger partial charge is 0.418 e. The number of rotatable bonds is 3. The SMILES string of the molecule is O=c1[nH]ncc(N2CCc3c(ncn3Cc3ccncc3C(F)(F)F)C2)c1Cl. The van der Waals surface area contributed by atoms with E-state index in [-0.39, 0.29) is 17.1 Å². The molecule has 0 saturated carbocycles. The van der Waals surface area contributed by atoms with E-state index >= 15 is 0 Å². The highest BCUT2D eigenvalue weighted by Gasteiger charge is 2.34. The number of pyridine rings is 1. The fraction of sp³-hybridized carbons (Fsp3) is 0.294. The van der Waals surface area contributed by atoms with Crippen LogP contribution in [0.15, 0.2) is 35.8 Å². The first-order valence-corrected chi connectivity index (χ1v) is 8.73. The van der Waals surface area contributed by atoms with Crippen LogP contribution in [-0.2, 0) is 25.7 Å². The number of hydrogen-bond acceptors (Lipinski definition) is 5. The van der Waals surface area contributed by atoms with E-state index in [4.69, 9.17) is 11.6 Å². The number of H-pyrrole nitrogens is 1. The van der Waals surface area contributed by atoms with Crippen LogP contribution in [0.25, 0.3) is 0 Å². The molecule has 1 aliphatic rings. The van der Waals surface area contributed by atoms with E-state index in [1.54, 1.807) is 4.57 Å². The summed E-state index contributed by atoms with van der Waals surface area (Å²) in [6.07, 6.45) is 1.26. The van der Waals surface area contributed by atoms with Crippen molar-refractivity contribution in [3.8, 4) is 0 Å². The quantitative estimate of drug-likeness (QED) is 0.718. The van der Waals surface area contributed by atoms with Crippen LogP contribution in [0.5, 0.6) is 0 Å². The highest BCUT2D eigenvalue weighted by Crippen LogP contribution is 2.32. The lowest BCUT2D eigenvalue weighted by atomic mass is 10.1. The van der Waals surface area contributed by atoms with Gasteiger partial charge >= 0.3 is 6.18 Å².